The number of carbonyl (C=O) groups is 1. The average Bonchev–Trinajstić information content (AvgIpc) is 3.06. The Morgan fingerprint density at radius 2 is 2.00 bits per heavy atom. The molecule has 0 radical (unpaired) electrons. The number of ketones is 1. The number of hydrogen-bond acceptors (Lipinski definition) is 6. The predicted octanol–water partition coefficient (Wildman–Crippen LogP) is 3.87. The molecule has 0 amide bonds. The van der Waals surface area contributed by atoms with E-state index in [4.69, 9.17) is 14.2 Å². The predicted molar refractivity (Wildman–Crippen MR) is 117 cm³/mol. The summed E-state index contributed by atoms with van der Waals surface area (Å²) in [4.78, 5) is 17.3. The number of ether oxygens (including phenoxy) is 3. The monoisotopic (exact) mass is 408 g/mol. The number of rotatable bonds is 6. The summed E-state index contributed by atoms with van der Waals surface area (Å²) in [6.45, 7) is 4.74. The lowest BCUT2D eigenvalue weighted by molar-refractivity contribution is 0.0822. The van der Waals surface area contributed by atoms with Gasteiger partial charge in [0.05, 0.1) is 11.1 Å². The van der Waals surface area contributed by atoms with E-state index in [0.717, 1.165) is 41.1 Å². The molecule has 0 unspecified atom stereocenters. The highest BCUT2D eigenvalue weighted by Gasteiger charge is 2.35. The van der Waals surface area contributed by atoms with E-state index < -0.39 is 0 Å². The summed E-state index contributed by atoms with van der Waals surface area (Å²) >= 11 is 0. The number of hydrogen-bond donors (Lipinski definition) is 0. The summed E-state index contributed by atoms with van der Waals surface area (Å²) in [5.41, 5.74) is 4.51. The molecule has 0 saturated carbocycles. The first kappa shape index (κ1) is 20.4. The van der Waals surface area contributed by atoms with Gasteiger partial charge in [-0.25, -0.2) is 0 Å². The molecule has 0 spiro atoms. The van der Waals surface area contributed by atoms with Gasteiger partial charge in [-0.1, -0.05) is 12.1 Å². The molecule has 2 aromatic carbocycles. The quantitative estimate of drug-likeness (QED) is 0.534. The van der Waals surface area contributed by atoms with Gasteiger partial charge in [-0.3, -0.25) is 9.69 Å². The standard InChI is InChI=1S/C24H28N2O4/c1-16-12-20-19(14-26(15-29-20)10-5-11-28-4)24-22(16)23(27)21(30-24)13-17-6-8-18(9-7-17)25(2)3/h6-9,12-13H,5,10-11,14-15H2,1-4H3/b21-13-. The van der Waals surface area contributed by atoms with Gasteiger partial charge in [-0.05, 0) is 48.7 Å². The van der Waals surface area contributed by atoms with Crippen molar-refractivity contribution in [2.75, 3.05) is 46.0 Å². The minimum Gasteiger partial charge on any atom is -0.478 e. The van der Waals surface area contributed by atoms with Crippen LogP contribution in [0.3, 0.4) is 0 Å². The second-order valence-corrected chi connectivity index (χ2v) is 7.97. The third kappa shape index (κ3) is 3.93. The molecule has 0 bridgehead atoms. The molecular weight excluding hydrogens is 380 g/mol. The van der Waals surface area contributed by atoms with E-state index in [1.165, 1.54) is 0 Å². The van der Waals surface area contributed by atoms with Crippen LogP contribution in [0.4, 0.5) is 5.69 Å². The van der Waals surface area contributed by atoms with Crippen molar-refractivity contribution in [3.05, 3.63) is 58.3 Å². The maximum Gasteiger partial charge on any atom is 0.232 e. The Bertz CT molecular complexity index is 980. The van der Waals surface area contributed by atoms with Crippen molar-refractivity contribution in [2.45, 2.75) is 19.9 Å². The van der Waals surface area contributed by atoms with E-state index >= 15 is 0 Å². The van der Waals surface area contributed by atoms with Crippen LogP contribution in [0.5, 0.6) is 11.5 Å². The minimum atomic E-state index is -0.0708. The molecule has 2 aliphatic rings. The third-order valence-electron chi connectivity index (χ3n) is 5.52. The number of fused-ring (bicyclic) bond motifs is 3. The third-order valence-corrected chi connectivity index (χ3v) is 5.52. The van der Waals surface area contributed by atoms with Crippen molar-refractivity contribution in [1.82, 2.24) is 4.90 Å². The van der Waals surface area contributed by atoms with E-state index in [-0.39, 0.29) is 5.78 Å². The molecule has 0 atom stereocenters. The highest BCUT2D eigenvalue weighted by atomic mass is 16.5. The van der Waals surface area contributed by atoms with Crippen molar-refractivity contribution < 1.29 is 19.0 Å². The number of benzene rings is 2. The number of nitrogens with zero attached hydrogens (tertiary/aromatic N) is 2. The average molecular weight is 408 g/mol. The van der Waals surface area contributed by atoms with Crippen molar-refractivity contribution in [2.24, 2.45) is 0 Å². The van der Waals surface area contributed by atoms with E-state index in [0.29, 0.717) is 37.0 Å². The molecule has 0 N–H and O–H groups in total. The van der Waals surface area contributed by atoms with Crippen LogP contribution >= 0.6 is 0 Å². The lowest BCUT2D eigenvalue weighted by atomic mass is 9.98. The summed E-state index contributed by atoms with van der Waals surface area (Å²) in [5, 5.41) is 0. The highest BCUT2D eigenvalue weighted by molar-refractivity contribution is 6.15. The molecule has 2 aromatic rings. The lowest BCUT2D eigenvalue weighted by Gasteiger charge is -2.30. The highest BCUT2D eigenvalue weighted by Crippen LogP contribution is 2.44. The van der Waals surface area contributed by atoms with Crippen molar-refractivity contribution in [3.63, 3.8) is 0 Å². The minimum absolute atomic E-state index is 0.0708. The number of carbonyl (C=O) groups excluding carboxylic acids is 1. The lowest BCUT2D eigenvalue weighted by Crippen LogP contribution is -2.33. The number of Topliss-reactive ketones (excluding diaryl/α,β-unsaturated/α-hetero) is 1. The SMILES string of the molecule is COCCCN1COc2cc(C)c3c(c2C1)O/C(=C\c1ccc(N(C)C)cc1)C3=O. The molecule has 0 aromatic heterocycles. The Morgan fingerprint density at radius 1 is 1.23 bits per heavy atom. The normalized spacial score (nSPS) is 16.8. The molecule has 6 nitrogen and oxygen atoms in total. The Hall–Kier alpha value is -2.83. The van der Waals surface area contributed by atoms with Gasteiger partial charge in [0.2, 0.25) is 5.78 Å². The van der Waals surface area contributed by atoms with E-state index in [9.17, 15) is 4.79 Å². The van der Waals surface area contributed by atoms with Crippen molar-refractivity contribution in [3.8, 4) is 11.5 Å². The molecule has 158 valence electrons. The first-order valence-electron chi connectivity index (χ1n) is 10.2. The van der Waals surface area contributed by atoms with Gasteiger partial charge < -0.3 is 19.1 Å². The van der Waals surface area contributed by atoms with Crippen LogP contribution in [0.2, 0.25) is 0 Å². The van der Waals surface area contributed by atoms with Crippen LogP contribution in [0.1, 0.15) is 33.5 Å². The van der Waals surface area contributed by atoms with Gasteiger partial charge in [0.25, 0.3) is 0 Å². The molecule has 4 rings (SSSR count). The largest absolute Gasteiger partial charge is 0.478 e. The topological polar surface area (TPSA) is 51.2 Å². The second kappa shape index (κ2) is 8.50. The summed E-state index contributed by atoms with van der Waals surface area (Å²) in [6.07, 6.45) is 2.74. The summed E-state index contributed by atoms with van der Waals surface area (Å²) in [7, 11) is 5.71. The first-order chi connectivity index (χ1) is 14.5. The fraction of sp³-hybridized carbons (Fsp3) is 0.375. The molecule has 0 saturated heterocycles. The van der Waals surface area contributed by atoms with Crippen LogP contribution in [-0.4, -0.2) is 51.8 Å². The van der Waals surface area contributed by atoms with Gasteiger partial charge in [0.15, 0.2) is 5.76 Å². The van der Waals surface area contributed by atoms with Crippen LogP contribution in [-0.2, 0) is 11.3 Å². The molecule has 0 fully saturated rings. The zero-order valence-corrected chi connectivity index (χ0v) is 18.0. The van der Waals surface area contributed by atoms with Gasteiger partial charge in [-0.2, -0.15) is 0 Å². The van der Waals surface area contributed by atoms with Crippen LogP contribution in [0.25, 0.3) is 6.08 Å². The van der Waals surface area contributed by atoms with Crippen molar-refractivity contribution >= 4 is 17.5 Å². The summed E-state index contributed by atoms with van der Waals surface area (Å²) in [6, 6.07) is 9.99. The number of anilines is 1. The molecule has 0 aliphatic carbocycles. The fourth-order valence-electron chi connectivity index (χ4n) is 3.87. The van der Waals surface area contributed by atoms with Gasteiger partial charge in [-0.15, -0.1) is 0 Å². The Labute approximate surface area is 177 Å². The van der Waals surface area contributed by atoms with Crippen LogP contribution < -0.4 is 14.4 Å². The van der Waals surface area contributed by atoms with E-state index in [2.05, 4.69) is 4.90 Å². The number of allylic oxidation sites excluding steroid dienone is 1. The Kier molecular flexibility index (Phi) is 5.79. The van der Waals surface area contributed by atoms with Gasteiger partial charge in [0.1, 0.15) is 18.2 Å². The Balaban J connectivity index is 1.61. The molecular formula is C24H28N2O4. The fourth-order valence-corrected chi connectivity index (χ4v) is 3.87. The number of methoxy groups -OCH3 is 1. The molecule has 6 heteroatoms. The number of aryl methyl sites for hydroxylation is 1. The Morgan fingerprint density at radius 3 is 2.70 bits per heavy atom. The molecule has 2 heterocycles. The van der Waals surface area contributed by atoms with Crippen molar-refractivity contribution in [1.29, 1.82) is 0 Å². The van der Waals surface area contributed by atoms with E-state index in [1.54, 1.807) is 7.11 Å². The van der Waals surface area contributed by atoms with E-state index in [1.807, 2.05) is 62.3 Å². The zero-order valence-electron chi connectivity index (χ0n) is 18.0. The maximum atomic E-state index is 13.1. The first-order valence-corrected chi connectivity index (χ1v) is 10.2. The maximum absolute atomic E-state index is 13.1. The second-order valence-electron chi connectivity index (χ2n) is 7.97. The molecule has 2 aliphatic heterocycles. The van der Waals surface area contributed by atoms with Crippen LogP contribution in [0, 0.1) is 6.92 Å². The summed E-state index contributed by atoms with van der Waals surface area (Å²) in [5.74, 6) is 1.73. The van der Waals surface area contributed by atoms with Gasteiger partial charge in [0, 0.05) is 46.6 Å². The van der Waals surface area contributed by atoms with Crippen LogP contribution in [0.15, 0.2) is 36.1 Å². The molecule has 30 heavy (non-hydrogen) atoms. The zero-order chi connectivity index (χ0) is 21.3. The summed E-state index contributed by atoms with van der Waals surface area (Å²) < 4.78 is 17.2. The smallest absolute Gasteiger partial charge is 0.232 e. The van der Waals surface area contributed by atoms with Gasteiger partial charge >= 0.3 is 0 Å².